The molecule has 0 saturated heterocycles. The standard InChI is InChI=1S/C15H14BrFO2/c1-9-8-11(16)6-7-14(9)19-15-12(10(2)18)4-3-5-13(15)17/h3-8,10,18H,1-2H3/t10-/m0/s1. The average Bonchev–Trinajstić information content (AvgIpc) is 2.34. The molecule has 2 rings (SSSR count). The maximum Gasteiger partial charge on any atom is 0.168 e. The van der Waals surface area contributed by atoms with Crippen LogP contribution in [0.3, 0.4) is 0 Å². The van der Waals surface area contributed by atoms with E-state index in [4.69, 9.17) is 4.74 Å². The summed E-state index contributed by atoms with van der Waals surface area (Å²) in [6.45, 7) is 3.46. The lowest BCUT2D eigenvalue weighted by molar-refractivity contribution is 0.194. The van der Waals surface area contributed by atoms with Gasteiger partial charge in [0.15, 0.2) is 11.6 Å². The van der Waals surface area contributed by atoms with E-state index < -0.39 is 11.9 Å². The first-order valence-electron chi connectivity index (χ1n) is 5.89. The molecular weight excluding hydrogens is 311 g/mol. The largest absolute Gasteiger partial charge is 0.454 e. The van der Waals surface area contributed by atoms with Crippen LogP contribution in [0, 0.1) is 12.7 Å². The molecule has 19 heavy (non-hydrogen) atoms. The van der Waals surface area contributed by atoms with Crippen molar-refractivity contribution in [3.05, 3.63) is 57.8 Å². The van der Waals surface area contributed by atoms with Crippen LogP contribution in [0.2, 0.25) is 0 Å². The molecule has 4 heteroatoms. The Morgan fingerprint density at radius 3 is 2.63 bits per heavy atom. The quantitative estimate of drug-likeness (QED) is 0.883. The summed E-state index contributed by atoms with van der Waals surface area (Å²) in [5.41, 5.74) is 1.32. The summed E-state index contributed by atoms with van der Waals surface area (Å²) >= 11 is 3.36. The predicted molar refractivity (Wildman–Crippen MR) is 76.0 cm³/mol. The second-order valence-electron chi connectivity index (χ2n) is 4.35. The Labute approximate surface area is 120 Å². The van der Waals surface area contributed by atoms with E-state index in [9.17, 15) is 9.50 Å². The van der Waals surface area contributed by atoms with Crippen LogP contribution in [-0.2, 0) is 0 Å². The Balaban J connectivity index is 2.43. The summed E-state index contributed by atoms with van der Waals surface area (Å²) in [6.07, 6.45) is -0.790. The Morgan fingerprint density at radius 2 is 2.00 bits per heavy atom. The highest BCUT2D eigenvalue weighted by Crippen LogP contribution is 2.34. The summed E-state index contributed by atoms with van der Waals surface area (Å²) in [6, 6.07) is 9.99. The highest BCUT2D eigenvalue weighted by atomic mass is 79.9. The molecule has 0 aliphatic carbocycles. The molecule has 0 spiro atoms. The van der Waals surface area contributed by atoms with Crippen molar-refractivity contribution in [2.75, 3.05) is 0 Å². The number of aliphatic hydroxyl groups excluding tert-OH is 1. The van der Waals surface area contributed by atoms with Crippen molar-refractivity contribution in [3.8, 4) is 11.5 Å². The Hall–Kier alpha value is -1.39. The number of para-hydroxylation sites is 1. The van der Waals surface area contributed by atoms with Crippen LogP contribution in [0.25, 0.3) is 0 Å². The van der Waals surface area contributed by atoms with Gasteiger partial charge in [0.1, 0.15) is 5.75 Å². The van der Waals surface area contributed by atoms with Crippen LogP contribution in [0.15, 0.2) is 40.9 Å². The van der Waals surface area contributed by atoms with Gasteiger partial charge in [-0.15, -0.1) is 0 Å². The Kier molecular flexibility index (Phi) is 4.22. The Morgan fingerprint density at radius 1 is 1.26 bits per heavy atom. The number of benzene rings is 2. The van der Waals surface area contributed by atoms with Gasteiger partial charge < -0.3 is 9.84 Å². The SMILES string of the molecule is Cc1cc(Br)ccc1Oc1c(F)cccc1[C@H](C)O. The van der Waals surface area contributed by atoms with Gasteiger partial charge in [0, 0.05) is 10.0 Å². The number of rotatable bonds is 3. The molecule has 0 aromatic heterocycles. The van der Waals surface area contributed by atoms with Gasteiger partial charge in [-0.1, -0.05) is 28.1 Å². The molecule has 2 nitrogen and oxygen atoms in total. The lowest BCUT2D eigenvalue weighted by atomic mass is 10.1. The highest BCUT2D eigenvalue weighted by Gasteiger charge is 2.15. The zero-order valence-electron chi connectivity index (χ0n) is 10.7. The minimum atomic E-state index is -0.790. The third kappa shape index (κ3) is 3.14. The topological polar surface area (TPSA) is 29.5 Å². The summed E-state index contributed by atoms with van der Waals surface area (Å²) in [5.74, 6) is 0.152. The van der Waals surface area contributed by atoms with Crippen molar-refractivity contribution in [1.29, 1.82) is 0 Å². The fraction of sp³-hybridized carbons (Fsp3) is 0.200. The van der Waals surface area contributed by atoms with Gasteiger partial charge in [0.2, 0.25) is 0 Å². The smallest absolute Gasteiger partial charge is 0.168 e. The zero-order chi connectivity index (χ0) is 14.0. The lowest BCUT2D eigenvalue weighted by Gasteiger charge is -2.15. The number of aryl methyl sites for hydroxylation is 1. The van der Waals surface area contributed by atoms with E-state index >= 15 is 0 Å². The molecule has 0 aliphatic heterocycles. The van der Waals surface area contributed by atoms with Gasteiger partial charge in [0.05, 0.1) is 6.10 Å². The summed E-state index contributed by atoms with van der Waals surface area (Å²) in [5, 5.41) is 9.67. The molecule has 0 saturated carbocycles. The minimum Gasteiger partial charge on any atom is -0.454 e. The zero-order valence-corrected chi connectivity index (χ0v) is 12.2. The van der Waals surface area contributed by atoms with E-state index in [-0.39, 0.29) is 5.75 Å². The van der Waals surface area contributed by atoms with E-state index in [0.29, 0.717) is 11.3 Å². The molecule has 2 aromatic rings. The van der Waals surface area contributed by atoms with Crippen molar-refractivity contribution in [2.45, 2.75) is 20.0 Å². The van der Waals surface area contributed by atoms with Crippen molar-refractivity contribution < 1.29 is 14.2 Å². The van der Waals surface area contributed by atoms with Gasteiger partial charge in [-0.05, 0) is 43.7 Å². The van der Waals surface area contributed by atoms with E-state index in [1.165, 1.54) is 6.07 Å². The molecular formula is C15H14BrFO2. The summed E-state index contributed by atoms with van der Waals surface area (Å²) in [7, 11) is 0. The third-order valence-corrected chi connectivity index (χ3v) is 3.29. The number of ether oxygens (including phenoxy) is 1. The van der Waals surface area contributed by atoms with Crippen LogP contribution >= 0.6 is 15.9 Å². The molecule has 0 amide bonds. The first kappa shape index (κ1) is 14.0. The van der Waals surface area contributed by atoms with Crippen molar-refractivity contribution in [1.82, 2.24) is 0 Å². The lowest BCUT2D eigenvalue weighted by Crippen LogP contribution is -1.99. The van der Waals surface area contributed by atoms with Crippen molar-refractivity contribution in [2.24, 2.45) is 0 Å². The van der Waals surface area contributed by atoms with Gasteiger partial charge in [-0.2, -0.15) is 0 Å². The average molecular weight is 325 g/mol. The highest BCUT2D eigenvalue weighted by molar-refractivity contribution is 9.10. The molecule has 1 N–H and O–H groups in total. The van der Waals surface area contributed by atoms with Crippen LogP contribution in [0.1, 0.15) is 24.2 Å². The van der Waals surface area contributed by atoms with E-state index in [2.05, 4.69) is 15.9 Å². The van der Waals surface area contributed by atoms with Gasteiger partial charge in [-0.3, -0.25) is 0 Å². The normalized spacial score (nSPS) is 12.3. The Bertz CT molecular complexity index is 597. The molecule has 0 heterocycles. The van der Waals surface area contributed by atoms with E-state index in [1.807, 2.05) is 19.1 Å². The summed E-state index contributed by atoms with van der Waals surface area (Å²) < 4.78 is 20.4. The molecule has 0 unspecified atom stereocenters. The third-order valence-electron chi connectivity index (χ3n) is 2.80. The van der Waals surface area contributed by atoms with Gasteiger partial charge >= 0.3 is 0 Å². The molecule has 0 radical (unpaired) electrons. The monoisotopic (exact) mass is 324 g/mol. The second-order valence-corrected chi connectivity index (χ2v) is 5.26. The number of hydrogen-bond acceptors (Lipinski definition) is 2. The second kappa shape index (κ2) is 5.72. The maximum atomic E-state index is 13.9. The van der Waals surface area contributed by atoms with Crippen LogP contribution in [0.4, 0.5) is 4.39 Å². The first-order valence-corrected chi connectivity index (χ1v) is 6.69. The molecule has 0 bridgehead atoms. The van der Waals surface area contributed by atoms with Gasteiger partial charge in [-0.25, -0.2) is 4.39 Å². The molecule has 2 aromatic carbocycles. The number of aliphatic hydroxyl groups is 1. The predicted octanol–water partition coefficient (Wildman–Crippen LogP) is 4.74. The minimum absolute atomic E-state index is 0.0722. The number of halogens is 2. The van der Waals surface area contributed by atoms with Crippen LogP contribution in [0.5, 0.6) is 11.5 Å². The van der Waals surface area contributed by atoms with E-state index in [1.54, 1.807) is 25.1 Å². The van der Waals surface area contributed by atoms with Crippen LogP contribution < -0.4 is 4.74 Å². The van der Waals surface area contributed by atoms with Crippen molar-refractivity contribution >= 4 is 15.9 Å². The molecule has 0 fully saturated rings. The molecule has 1 atom stereocenters. The molecule has 100 valence electrons. The summed E-state index contributed by atoms with van der Waals surface area (Å²) in [4.78, 5) is 0. The molecule has 0 aliphatic rings. The fourth-order valence-corrected chi connectivity index (χ4v) is 2.28. The van der Waals surface area contributed by atoms with E-state index in [0.717, 1.165) is 10.0 Å². The van der Waals surface area contributed by atoms with Crippen molar-refractivity contribution in [3.63, 3.8) is 0 Å². The van der Waals surface area contributed by atoms with Crippen LogP contribution in [-0.4, -0.2) is 5.11 Å². The first-order chi connectivity index (χ1) is 8.99. The maximum absolute atomic E-state index is 13.9. The number of hydrogen-bond donors (Lipinski definition) is 1. The van der Waals surface area contributed by atoms with Gasteiger partial charge in [0.25, 0.3) is 0 Å². The fourth-order valence-electron chi connectivity index (χ4n) is 1.80.